The molecule has 184 valence electrons. The zero-order valence-electron chi connectivity index (χ0n) is 18.6. The van der Waals surface area contributed by atoms with Crippen molar-refractivity contribution >= 4 is 29.3 Å². The van der Waals surface area contributed by atoms with Crippen LogP contribution in [0.4, 0.5) is 29.3 Å². The van der Waals surface area contributed by atoms with E-state index in [0.717, 1.165) is 10.5 Å². The largest absolute Gasteiger partial charge is 0.489 e. The van der Waals surface area contributed by atoms with Crippen molar-refractivity contribution in [3.05, 3.63) is 41.0 Å². The van der Waals surface area contributed by atoms with E-state index in [9.17, 15) is 22.4 Å². The number of alkyl halides is 4. The first kappa shape index (κ1) is 24.3. The summed E-state index contributed by atoms with van der Waals surface area (Å²) >= 11 is 6.23. The molecule has 12 heteroatoms. The number of halogens is 5. The summed E-state index contributed by atoms with van der Waals surface area (Å²) in [6, 6.07) is 7.26. The van der Waals surface area contributed by atoms with Crippen LogP contribution < -0.4 is 19.9 Å². The molecule has 1 N–H and O–H groups in total. The van der Waals surface area contributed by atoms with Crippen molar-refractivity contribution in [2.75, 3.05) is 36.0 Å². The number of hydrogen-bond donors (Lipinski definition) is 1. The third-order valence-corrected chi connectivity index (χ3v) is 6.12. The monoisotopic (exact) mass is 501 g/mol. The van der Waals surface area contributed by atoms with Crippen LogP contribution in [0.1, 0.15) is 31.9 Å². The van der Waals surface area contributed by atoms with E-state index in [-0.39, 0.29) is 34.8 Å². The number of nitrogens with one attached hydrogen (secondary N) is 1. The maximum Gasteiger partial charge on any atom is 0.329 e. The summed E-state index contributed by atoms with van der Waals surface area (Å²) < 4.78 is 60.5. The van der Waals surface area contributed by atoms with E-state index < -0.39 is 24.9 Å². The number of ether oxygens (including phenoxy) is 1. The minimum atomic E-state index is -4.15. The highest BCUT2D eigenvalue weighted by Crippen LogP contribution is 2.42. The van der Waals surface area contributed by atoms with Crippen LogP contribution in [-0.2, 0) is 4.79 Å². The van der Waals surface area contributed by atoms with Gasteiger partial charge < -0.3 is 19.9 Å². The van der Waals surface area contributed by atoms with Crippen LogP contribution in [0.2, 0.25) is 5.02 Å². The quantitative estimate of drug-likeness (QED) is 0.602. The number of carbonyl (C=O) groups excluding carboxylic acids is 1. The Morgan fingerprint density at radius 2 is 1.82 bits per heavy atom. The molecular formula is C22H24ClF4N5O2. The van der Waals surface area contributed by atoms with E-state index >= 15 is 0 Å². The van der Waals surface area contributed by atoms with Gasteiger partial charge in [0.1, 0.15) is 16.9 Å². The molecule has 0 unspecified atom stereocenters. The molecule has 2 fully saturated rings. The summed E-state index contributed by atoms with van der Waals surface area (Å²) in [5.74, 6) is -7.70. The fraction of sp³-hybridized carbons (Fsp3) is 0.500. The first-order valence-electron chi connectivity index (χ1n) is 10.8. The second-order valence-electron chi connectivity index (χ2n) is 8.57. The molecule has 2 saturated heterocycles. The summed E-state index contributed by atoms with van der Waals surface area (Å²) in [7, 11) is 0. The van der Waals surface area contributed by atoms with Gasteiger partial charge >= 0.3 is 11.8 Å². The molecule has 0 bridgehead atoms. The lowest BCUT2D eigenvalue weighted by molar-refractivity contribution is -0.172. The van der Waals surface area contributed by atoms with Crippen molar-refractivity contribution in [1.82, 2.24) is 15.3 Å². The van der Waals surface area contributed by atoms with Gasteiger partial charge in [-0.2, -0.15) is 22.5 Å². The zero-order chi connectivity index (χ0) is 24.7. The van der Waals surface area contributed by atoms with Gasteiger partial charge in [0, 0.05) is 19.9 Å². The average Bonchev–Trinajstić information content (AvgIpc) is 3.29. The van der Waals surface area contributed by atoms with Crippen molar-refractivity contribution in [1.29, 1.82) is 0 Å². The van der Waals surface area contributed by atoms with E-state index in [1.165, 1.54) is 13.1 Å². The minimum absolute atomic E-state index is 0.113. The Bertz CT molecular complexity index is 1040. The molecular weight excluding hydrogens is 478 g/mol. The second kappa shape index (κ2) is 9.09. The first-order chi connectivity index (χ1) is 15.9. The van der Waals surface area contributed by atoms with Crippen LogP contribution in [0.25, 0.3) is 0 Å². The van der Waals surface area contributed by atoms with E-state index in [1.807, 2.05) is 36.1 Å². The maximum atomic E-state index is 13.6. The summed E-state index contributed by atoms with van der Waals surface area (Å²) in [5.41, 5.74) is 0.939. The zero-order valence-corrected chi connectivity index (χ0v) is 19.3. The molecule has 1 amide bonds. The molecule has 7 nitrogen and oxygen atoms in total. The minimum Gasteiger partial charge on any atom is -0.489 e. The number of aromatic nitrogens is 2. The Hall–Kier alpha value is -2.82. The van der Waals surface area contributed by atoms with E-state index in [2.05, 4.69) is 15.3 Å². The van der Waals surface area contributed by atoms with Gasteiger partial charge in [-0.15, -0.1) is 0 Å². The number of nitrogens with zero attached hydrogens (tertiary/aromatic N) is 4. The van der Waals surface area contributed by atoms with Gasteiger partial charge in [-0.3, -0.25) is 4.79 Å². The highest BCUT2D eigenvalue weighted by atomic mass is 35.5. The van der Waals surface area contributed by atoms with E-state index in [1.54, 1.807) is 0 Å². The lowest BCUT2D eigenvalue weighted by Crippen LogP contribution is -2.38. The van der Waals surface area contributed by atoms with Gasteiger partial charge in [-0.1, -0.05) is 23.7 Å². The SMILES string of the molecule is CC(=O)N[C@@H](C)c1ccc(O[C@@H]2CCN(c3nc(N4CC(F)(F)C(F)(F)C4)ncc3Cl)C2)cc1. The van der Waals surface area contributed by atoms with Gasteiger partial charge in [0.2, 0.25) is 11.9 Å². The van der Waals surface area contributed by atoms with Crippen LogP contribution in [0.3, 0.4) is 0 Å². The van der Waals surface area contributed by atoms with Crippen molar-refractivity contribution < 1.29 is 27.1 Å². The molecule has 1 aromatic heterocycles. The third-order valence-electron chi connectivity index (χ3n) is 5.86. The van der Waals surface area contributed by atoms with E-state index in [4.69, 9.17) is 16.3 Å². The molecule has 1 aromatic carbocycles. The number of anilines is 2. The fourth-order valence-electron chi connectivity index (χ4n) is 4.06. The molecule has 0 spiro atoms. The lowest BCUT2D eigenvalue weighted by Gasteiger charge is -2.22. The topological polar surface area (TPSA) is 70.6 Å². The molecule has 3 heterocycles. The standard InChI is InChI=1S/C22H24ClF4N5O2/c1-13(29-14(2)33)15-3-5-16(6-4-15)34-17-7-8-31(10-17)19-18(23)9-28-20(30-19)32-11-21(24,25)22(26,27)12-32/h3-6,9,13,17H,7-8,10-12H2,1-2H3,(H,29,33)/t13-,17+/m0/s1. The van der Waals surface area contributed by atoms with Crippen molar-refractivity contribution in [2.45, 2.75) is 44.3 Å². The maximum absolute atomic E-state index is 13.6. The third kappa shape index (κ3) is 4.98. The number of rotatable bonds is 6. The van der Waals surface area contributed by atoms with Crippen LogP contribution in [0.15, 0.2) is 30.5 Å². The van der Waals surface area contributed by atoms with Crippen molar-refractivity contribution in [3.63, 3.8) is 0 Å². The summed E-state index contributed by atoms with van der Waals surface area (Å²) in [6.45, 7) is 1.97. The first-order valence-corrected chi connectivity index (χ1v) is 11.1. The lowest BCUT2D eigenvalue weighted by atomic mass is 10.1. The molecule has 2 aliphatic rings. The molecule has 0 saturated carbocycles. The van der Waals surface area contributed by atoms with Gasteiger partial charge in [0.25, 0.3) is 0 Å². The number of benzene rings is 1. The highest BCUT2D eigenvalue weighted by Gasteiger charge is 2.63. The summed E-state index contributed by atoms with van der Waals surface area (Å²) in [4.78, 5) is 21.9. The van der Waals surface area contributed by atoms with Gasteiger partial charge in [0.05, 0.1) is 31.9 Å². The molecule has 0 radical (unpaired) electrons. The smallest absolute Gasteiger partial charge is 0.329 e. The van der Waals surface area contributed by atoms with Crippen LogP contribution in [-0.4, -0.2) is 60.0 Å². The summed E-state index contributed by atoms with van der Waals surface area (Å²) in [6.07, 6.45) is 1.70. The van der Waals surface area contributed by atoms with Gasteiger partial charge in [-0.05, 0) is 24.6 Å². The predicted octanol–water partition coefficient (Wildman–Crippen LogP) is 4.08. The molecule has 4 rings (SSSR count). The van der Waals surface area contributed by atoms with Gasteiger partial charge in [0.15, 0.2) is 5.82 Å². The summed E-state index contributed by atoms with van der Waals surface area (Å²) in [5, 5.41) is 3.01. The van der Waals surface area contributed by atoms with Gasteiger partial charge in [-0.25, -0.2) is 4.98 Å². The Morgan fingerprint density at radius 1 is 1.18 bits per heavy atom. The number of amides is 1. The average molecular weight is 502 g/mol. The van der Waals surface area contributed by atoms with Crippen LogP contribution >= 0.6 is 11.6 Å². The van der Waals surface area contributed by atoms with Crippen molar-refractivity contribution in [2.24, 2.45) is 0 Å². The van der Waals surface area contributed by atoms with Crippen molar-refractivity contribution in [3.8, 4) is 5.75 Å². The normalized spacial score (nSPS) is 22.0. The molecule has 2 atom stereocenters. The molecule has 2 aromatic rings. The number of hydrogen-bond acceptors (Lipinski definition) is 6. The Morgan fingerprint density at radius 3 is 2.44 bits per heavy atom. The second-order valence-corrected chi connectivity index (χ2v) is 8.98. The Balaban J connectivity index is 1.41. The predicted molar refractivity (Wildman–Crippen MR) is 119 cm³/mol. The van der Waals surface area contributed by atoms with Crippen LogP contribution in [0.5, 0.6) is 5.75 Å². The molecule has 2 aliphatic heterocycles. The highest BCUT2D eigenvalue weighted by molar-refractivity contribution is 6.32. The van der Waals surface area contributed by atoms with Crippen LogP contribution in [0, 0.1) is 0 Å². The number of carbonyl (C=O) groups is 1. The molecule has 34 heavy (non-hydrogen) atoms. The van der Waals surface area contributed by atoms with E-state index in [0.29, 0.717) is 25.3 Å². The molecule has 0 aliphatic carbocycles. The Kier molecular flexibility index (Phi) is 6.50. The Labute approximate surface area is 199 Å². The fourth-order valence-corrected chi connectivity index (χ4v) is 4.27.